The highest BCUT2D eigenvalue weighted by Gasteiger charge is 2.14. The molecule has 0 saturated heterocycles. The van der Waals surface area contributed by atoms with Gasteiger partial charge in [0.2, 0.25) is 0 Å². The Morgan fingerprint density at radius 2 is 2.35 bits per heavy atom. The number of thiophene rings is 1. The first kappa shape index (κ1) is 12.1. The molecule has 0 bridgehead atoms. The van der Waals surface area contributed by atoms with E-state index in [4.69, 9.17) is 10.5 Å². The molecular weight excluding hydrogens is 234 g/mol. The molecule has 0 aliphatic heterocycles. The number of nitrogens with zero attached hydrogens (tertiary/aromatic N) is 2. The van der Waals surface area contributed by atoms with E-state index in [1.54, 1.807) is 17.5 Å². The maximum Gasteiger partial charge on any atom is 0.157 e. The Morgan fingerprint density at radius 3 is 2.94 bits per heavy atom. The van der Waals surface area contributed by atoms with Crippen molar-refractivity contribution in [2.45, 2.75) is 26.0 Å². The van der Waals surface area contributed by atoms with Crippen LogP contribution in [0, 0.1) is 0 Å². The summed E-state index contributed by atoms with van der Waals surface area (Å²) < 4.78 is 7.45. The van der Waals surface area contributed by atoms with Crippen molar-refractivity contribution in [1.29, 1.82) is 0 Å². The van der Waals surface area contributed by atoms with E-state index in [0.29, 0.717) is 6.54 Å². The maximum atomic E-state index is 5.81. The molecule has 0 aliphatic carbocycles. The summed E-state index contributed by atoms with van der Waals surface area (Å²) in [6.07, 6.45) is 3.79. The van der Waals surface area contributed by atoms with Crippen LogP contribution in [0.3, 0.4) is 0 Å². The van der Waals surface area contributed by atoms with Crippen molar-refractivity contribution in [3.63, 3.8) is 0 Å². The van der Waals surface area contributed by atoms with Gasteiger partial charge in [0.15, 0.2) is 5.75 Å². The first-order valence-electron chi connectivity index (χ1n) is 5.65. The van der Waals surface area contributed by atoms with Gasteiger partial charge in [-0.3, -0.25) is 4.68 Å². The van der Waals surface area contributed by atoms with Gasteiger partial charge in [-0.25, -0.2) is 0 Å². The lowest BCUT2D eigenvalue weighted by Gasteiger charge is -2.13. The second-order valence-electron chi connectivity index (χ2n) is 4.09. The number of hydrogen-bond donors (Lipinski definition) is 1. The van der Waals surface area contributed by atoms with Crippen LogP contribution in [-0.2, 0) is 0 Å². The molecule has 2 N–H and O–H groups in total. The van der Waals surface area contributed by atoms with Crippen LogP contribution in [0.2, 0.25) is 0 Å². The topological polar surface area (TPSA) is 53.1 Å². The SMILES string of the molecule is CC(C)Oc1cnn(C(CN)c2cccs2)c1. The minimum Gasteiger partial charge on any atom is -0.488 e. The van der Waals surface area contributed by atoms with E-state index in [2.05, 4.69) is 11.2 Å². The molecule has 0 spiro atoms. The molecule has 5 heteroatoms. The summed E-state index contributed by atoms with van der Waals surface area (Å²) in [5, 5.41) is 6.36. The van der Waals surface area contributed by atoms with Crippen molar-refractivity contribution in [2.75, 3.05) is 6.54 Å². The van der Waals surface area contributed by atoms with Crippen LogP contribution >= 0.6 is 11.3 Å². The summed E-state index contributed by atoms with van der Waals surface area (Å²) in [7, 11) is 0. The van der Waals surface area contributed by atoms with Crippen molar-refractivity contribution < 1.29 is 4.74 Å². The number of hydrogen-bond acceptors (Lipinski definition) is 4. The fourth-order valence-corrected chi connectivity index (χ4v) is 2.49. The molecule has 0 amide bonds. The van der Waals surface area contributed by atoms with E-state index in [1.807, 2.05) is 36.2 Å². The van der Waals surface area contributed by atoms with Crippen molar-refractivity contribution in [3.05, 3.63) is 34.8 Å². The van der Waals surface area contributed by atoms with E-state index < -0.39 is 0 Å². The van der Waals surface area contributed by atoms with Crippen LogP contribution in [0.25, 0.3) is 0 Å². The standard InChI is InChI=1S/C12H17N3OS/c1-9(2)16-10-7-14-15(8-10)11(6-13)12-4-3-5-17-12/h3-5,7-9,11H,6,13H2,1-2H3. The van der Waals surface area contributed by atoms with Crippen molar-refractivity contribution in [2.24, 2.45) is 5.73 Å². The third-order valence-corrected chi connectivity index (χ3v) is 3.34. The van der Waals surface area contributed by atoms with Gasteiger partial charge >= 0.3 is 0 Å². The van der Waals surface area contributed by atoms with Gasteiger partial charge in [-0.1, -0.05) is 6.07 Å². The highest BCUT2D eigenvalue weighted by Crippen LogP contribution is 2.23. The van der Waals surface area contributed by atoms with Crippen LogP contribution in [0.15, 0.2) is 29.9 Å². The fraction of sp³-hybridized carbons (Fsp3) is 0.417. The van der Waals surface area contributed by atoms with Crippen LogP contribution in [0.4, 0.5) is 0 Å². The Labute approximate surface area is 105 Å². The van der Waals surface area contributed by atoms with Crippen molar-refractivity contribution in [1.82, 2.24) is 9.78 Å². The van der Waals surface area contributed by atoms with Gasteiger partial charge in [0.05, 0.1) is 24.5 Å². The average Bonchev–Trinajstić information content (AvgIpc) is 2.90. The molecule has 1 unspecified atom stereocenters. The van der Waals surface area contributed by atoms with E-state index in [0.717, 1.165) is 5.75 Å². The predicted octanol–water partition coefficient (Wildman–Crippen LogP) is 2.28. The summed E-state index contributed by atoms with van der Waals surface area (Å²) >= 11 is 1.69. The molecule has 0 fully saturated rings. The average molecular weight is 251 g/mol. The van der Waals surface area contributed by atoms with Crippen LogP contribution in [0.5, 0.6) is 5.75 Å². The second kappa shape index (κ2) is 5.33. The lowest BCUT2D eigenvalue weighted by molar-refractivity contribution is 0.242. The Kier molecular flexibility index (Phi) is 3.81. The van der Waals surface area contributed by atoms with Crippen LogP contribution < -0.4 is 10.5 Å². The molecule has 0 aromatic carbocycles. The van der Waals surface area contributed by atoms with Crippen molar-refractivity contribution >= 4 is 11.3 Å². The number of aromatic nitrogens is 2. The van der Waals surface area contributed by atoms with E-state index in [-0.39, 0.29) is 12.1 Å². The van der Waals surface area contributed by atoms with Gasteiger partial charge in [0, 0.05) is 11.4 Å². The summed E-state index contributed by atoms with van der Waals surface area (Å²) in [4.78, 5) is 1.21. The first-order chi connectivity index (χ1) is 8.20. The maximum absolute atomic E-state index is 5.81. The van der Waals surface area contributed by atoms with Gasteiger partial charge in [-0.2, -0.15) is 5.10 Å². The van der Waals surface area contributed by atoms with Gasteiger partial charge in [0.1, 0.15) is 0 Å². The molecule has 92 valence electrons. The Bertz CT molecular complexity index is 450. The molecule has 2 aromatic rings. The molecule has 1 atom stereocenters. The normalized spacial score (nSPS) is 12.9. The van der Waals surface area contributed by atoms with Crippen LogP contribution in [0.1, 0.15) is 24.8 Å². The quantitative estimate of drug-likeness (QED) is 0.887. The van der Waals surface area contributed by atoms with E-state index >= 15 is 0 Å². The van der Waals surface area contributed by atoms with E-state index in [1.165, 1.54) is 4.88 Å². The summed E-state index contributed by atoms with van der Waals surface area (Å²) in [6.45, 7) is 4.53. The number of ether oxygens (including phenoxy) is 1. The third kappa shape index (κ3) is 2.87. The smallest absolute Gasteiger partial charge is 0.157 e. The summed E-state index contributed by atoms with van der Waals surface area (Å²) in [6, 6.07) is 4.20. The minimum atomic E-state index is 0.0968. The number of rotatable bonds is 5. The van der Waals surface area contributed by atoms with Gasteiger partial charge in [0.25, 0.3) is 0 Å². The van der Waals surface area contributed by atoms with Gasteiger partial charge in [-0.15, -0.1) is 11.3 Å². The van der Waals surface area contributed by atoms with Gasteiger partial charge in [-0.05, 0) is 25.3 Å². The van der Waals surface area contributed by atoms with E-state index in [9.17, 15) is 0 Å². The minimum absolute atomic E-state index is 0.0968. The molecule has 0 saturated carbocycles. The van der Waals surface area contributed by atoms with Crippen LogP contribution in [-0.4, -0.2) is 22.4 Å². The Balaban J connectivity index is 2.17. The molecule has 17 heavy (non-hydrogen) atoms. The second-order valence-corrected chi connectivity index (χ2v) is 5.07. The largest absolute Gasteiger partial charge is 0.488 e. The predicted molar refractivity (Wildman–Crippen MR) is 69.5 cm³/mol. The monoisotopic (exact) mass is 251 g/mol. The molecule has 2 aromatic heterocycles. The lowest BCUT2D eigenvalue weighted by atomic mass is 10.2. The number of nitrogens with two attached hydrogens (primary N) is 1. The van der Waals surface area contributed by atoms with Crippen molar-refractivity contribution in [3.8, 4) is 5.75 Å². The fourth-order valence-electron chi connectivity index (χ4n) is 1.66. The Morgan fingerprint density at radius 1 is 1.53 bits per heavy atom. The highest BCUT2D eigenvalue weighted by molar-refractivity contribution is 7.10. The first-order valence-corrected chi connectivity index (χ1v) is 6.53. The highest BCUT2D eigenvalue weighted by atomic mass is 32.1. The molecule has 0 aliphatic rings. The van der Waals surface area contributed by atoms with Gasteiger partial charge < -0.3 is 10.5 Å². The zero-order valence-corrected chi connectivity index (χ0v) is 10.9. The third-order valence-electron chi connectivity index (χ3n) is 2.36. The Hall–Kier alpha value is -1.33. The summed E-state index contributed by atoms with van der Waals surface area (Å²) in [5.74, 6) is 0.787. The zero-order chi connectivity index (χ0) is 12.3. The molecule has 0 radical (unpaired) electrons. The molecule has 2 rings (SSSR count). The zero-order valence-electron chi connectivity index (χ0n) is 10.0. The lowest BCUT2D eigenvalue weighted by Crippen LogP contribution is -2.19. The molecule has 2 heterocycles. The molecular formula is C12H17N3OS. The molecule has 4 nitrogen and oxygen atoms in total. The summed E-state index contributed by atoms with van der Waals surface area (Å²) in [5.41, 5.74) is 5.81.